The molecule has 3 heteroatoms. The van der Waals surface area contributed by atoms with Crippen LogP contribution in [0.1, 0.15) is 12.5 Å². The molecule has 0 radical (unpaired) electrons. The Bertz CT molecular complexity index is 453. The average molecular weight is 247 g/mol. The van der Waals surface area contributed by atoms with E-state index in [9.17, 15) is 4.21 Å². The molecule has 0 heterocycles. The molecular weight excluding hydrogens is 230 g/mol. The third-order valence-electron chi connectivity index (χ3n) is 2.22. The van der Waals surface area contributed by atoms with Gasteiger partial charge in [-0.15, -0.1) is 12.5 Å². The van der Waals surface area contributed by atoms with Crippen LogP contribution in [0.3, 0.4) is 0 Å². The Morgan fingerprint density at radius 2 is 2.06 bits per heavy atom. The topological polar surface area (TPSA) is 20.3 Å². The largest absolute Gasteiger partial charge is 0.237 e. The van der Waals surface area contributed by atoms with E-state index in [4.69, 9.17) is 0 Å². The third-order valence-corrected chi connectivity index (χ3v) is 3.64. The summed E-state index contributed by atoms with van der Waals surface area (Å²) < 4.78 is 14.1. The molecule has 0 N–H and O–H groups in total. The lowest BCUT2D eigenvalue weighted by Crippen LogP contribution is -2.26. The second-order valence-electron chi connectivity index (χ2n) is 3.60. The van der Waals surface area contributed by atoms with E-state index in [0.717, 1.165) is 10.5 Å². The van der Waals surface area contributed by atoms with Crippen molar-refractivity contribution >= 4 is 11.0 Å². The molecule has 0 aliphatic rings. The van der Waals surface area contributed by atoms with E-state index in [1.165, 1.54) is 0 Å². The van der Waals surface area contributed by atoms with Crippen LogP contribution < -0.4 is 0 Å². The smallest absolute Gasteiger partial charge is 0.128 e. The molecule has 2 nitrogen and oxygen atoms in total. The van der Waals surface area contributed by atoms with Gasteiger partial charge in [-0.25, -0.2) is 8.51 Å². The van der Waals surface area contributed by atoms with Crippen LogP contribution >= 0.6 is 0 Å². The van der Waals surface area contributed by atoms with Gasteiger partial charge in [-0.05, 0) is 26.0 Å². The Balaban J connectivity index is 2.85. The summed E-state index contributed by atoms with van der Waals surface area (Å²) in [6, 6.07) is 7.71. The zero-order valence-electron chi connectivity index (χ0n) is 10.3. The fourth-order valence-corrected chi connectivity index (χ4v) is 2.40. The van der Waals surface area contributed by atoms with E-state index >= 15 is 0 Å². The number of nitrogens with zero attached hydrogens (tertiary/aromatic N) is 1. The Kier molecular flexibility index (Phi) is 5.68. The molecule has 0 amide bonds. The molecule has 0 saturated heterocycles. The Labute approximate surface area is 106 Å². The van der Waals surface area contributed by atoms with Gasteiger partial charge in [0.1, 0.15) is 11.0 Å². The summed E-state index contributed by atoms with van der Waals surface area (Å²) in [5, 5.41) is 0. The van der Waals surface area contributed by atoms with Crippen molar-refractivity contribution in [1.82, 2.24) is 4.31 Å². The minimum Gasteiger partial charge on any atom is -0.237 e. The number of hydrogen-bond donors (Lipinski definition) is 0. The number of rotatable bonds is 5. The lowest BCUT2D eigenvalue weighted by Gasteiger charge is -2.16. The Morgan fingerprint density at radius 1 is 1.41 bits per heavy atom. The maximum Gasteiger partial charge on any atom is 0.128 e. The first-order valence-corrected chi connectivity index (χ1v) is 6.53. The first-order chi connectivity index (χ1) is 8.19. The SMILES string of the molecule is C=CCN(CC#CC)S(=O)c1ccc(C)cc1. The molecule has 0 spiro atoms. The van der Waals surface area contributed by atoms with Crippen LogP contribution in [0.15, 0.2) is 41.8 Å². The summed E-state index contributed by atoms with van der Waals surface area (Å²) >= 11 is 0. The molecule has 0 saturated carbocycles. The third kappa shape index (κ3) is 4.18. The standard InChI is InChI=1S/C14H17NOS/c1-4-6-12-15(11-5-2)17(16)14-9-7-13(3)8-10-14/h5,7-10H,2,11-12H2,1,3H3. The lowest BCUT2D eigenvalue weighted by molar-refractivity contribution is 0.537. The first-order valence-electron chi connectivity index (χ1n) is 5.43. The van der Waals surface area contributed by atoms with Crippen molar-refractivity contribution in [3.63, 3.8) is 0 Å². The summed E-state index contributed by atoms with van der Waals surface area (Å²) in [7, 11) is -1.17. The van der Waals surface area contributed by atoms with Crippen LogP contribution in [-0.4, -0.2) is 21.6 Å². The molecule has 0 aromatic heterocycles. The minimum absolute atomic E-state index is 0.489. The molecular formula is C14H17NOS. The van der Waals surface area contributed by atoms with Crippen LogP contribution in [0.25, 0.3) is 0 Å². The van der Waals surface area contributed by atoms with Gasteiger partial charge in [0.15, 0.2) is 0 Å². The fraction of sp³-hybridized carbons (Fsp3) is 0.286. The molecule has 1 rings (SSSR count). The molecule has 0 fully saturated rings. The molecule has 0 aliphatic carbocycles. The van der Waals surface area contributed by atoms with Gasteiger partial charge in [-0.2, -0.15) is 0 Å². The van der Waals surface area contributed by atoms with Crippen LogP contribution in [-0.2, 0) is 11.0 Å². The van der Waals surface area contributed by atoms with Crippen LogP contribution in [0.5, 0.6) is 0 Å². The van der Waals surface area contributed by atoms with E-state index < -0.39 is 11.0 Å². The normalized spacial score (nSPS) is 11.7. The van der Waals surface area contributed by atoms with Crippen molar-refractivity contribution < 1.29 is 4.21 Å². The highest BCUT2D eigenvalue weighted by Gasteiger charge is 2.12. The van der Waals surface area contributed by atoms with E-state index in [1.54, 1.807) is 17.3 Å². The molecule has 1 aromatic rings. The van der Waals surface area contributed by atoms with E-state index in [2.05, 4.69) is 18.4 Å². The highest BCUT2D eigenvalue weighted by atomic mass is 32.2. The monoisotopic (exact) mass is 247 g/mol. The highest BCUT2D eigenvalue weighted by molar-refractivity contribution is 7.82. The summed E-state index contributed by atoms with van der Waals surface area (Å²) in [6.07, 6.45) is 1.74. The zero-order chi connectivity index (χ0) is 12.7. The number of benzene rings is 1. The van der Waals surface area contributed by atoms with Gasteiger partial charge in [-0.3, -0.25) is 0 Å². The Morgan fingerprint density at radius 3 is 2.59 bits per heavy atom. The molecule has 1 aromatic carbocycles. The molecule has 1 unspecified atom stereocenters. The summed E-state index contributed by atoms with van der Waals surface area (Å²) in [5.41, 5.74) is 1.16. The second kappa shape index (κ2) is 7.05. The van der Waals surface area contributed by atoms with E-state index in [0.29, 0.717) is 13.1 Å². The molecule has 1 atom stereocenters. The first kappa shape index (κ1) is 13.7. The number of hydrogen-bond acceptors (Lipinski definition) is 1. The van der Waals surface area contributed by atoms with Crippen molar-refractivity contribution in [3.8, 4) is 11.8 Å². The molecule has 0 bridgehead atoms. The van der Waals surface area contributed by atoms with Gasteiger partial charge in [0, 0.05) is 6.54 Å². The summed E-state index contributed by atoms with van der Waals surface area (Å²) in [4.78, 5) is 0.801. The summed E-state index contributed by atoms with van der Waals surface area (Å²) in [6.45, 7) is 8.52. The maximum absolute atomic E-state index is 12.3. The van der Waals surface area contributed by atoms with Gasteiger partial charge in [0.2, 0.25) is 0 Å². The van der Waals surface area contributed by atoms with Crippen LogP contribution in [0, 0.1) is 18.8 Å². The quantitative estimate of drug-likeness (QED) is 0.578. The van der Waals surface area contributed by atoms with Crippen molar-refractivity contribution in [3.05, 3.63) is 42.5 Å². The fourth-order valence-electron chi connectivity index (χ4n) is 1.31. The summed E-state index contributed by atoms with van der Waals surface area (Å²) in [5.74, 6) is 5.74. The van der Waals surface area contributed by atoms with Crippen molar-refractivity contribution in [2.75, 3.05) is 13.1 Å². The van der Waals surface area contributed by atoms with Crippen molar-refractivity contribution in [2.24, 2.45) is 0 Å². The molecule has 0 aliphatic heterocycles. The number of aryl methyl sites for hydroxylation is 1. The minimum atomic E-state index is -1.17. The van der Waals surface area contributed by atoms with Crippen LogP contribution in [0.4, 0.5) is 0 Å². The maximum atomic E-state index is 12.3. The van der Waals surface area contributed by atoms with Crippen molar-refractivity contribution in [1.29, 1.82) is 0 Å². The van der Waals surface area contributed by atoms with Crippen molar-refractivity contribution in [2.45, 2.75) is 18.7 Å². The predicted octanol–water partition coefficient (Wildman–Crippen LogP) is 2.53. The zero-order valence-corrected chi connectivity index (χ0v) is 11.1. The van der Waals surface area contributed by atoms with E-state index in [1.807, 2.05) is 31.2 Å². The Hall–Kier alpha value is -1.37. The highest BCUT2D eigenvalue weighted by Crippen LogP contribution is 2.11. The van der Waals surface area contributed by atoms with Gasteiger partial charge in [0.25, 0.3) is 0 Å². The van der Waals surface area contributed by atoms with Gasteiger partial charge >= 0.3 is 0 Å². The van der Waals surface area contributed by atoms with Gasteiger partial charge in [0.05, 0.1) is 11.4 Å². The van der Waals surface area contributed by atoms with Crippen LogP contribution in [0.2, 0.25) is 0 Å². The van der Waals surface area contributed by atoms with E-state index in [-0.39, 0.29) is 0 Å². The second-order valence-corrected chi connectivity index (χ2v) is 5.09. The van der Waals surface area contributed by atoms with Gasteiger partial charge < -0.3 is 0 Å². The average Bonchev–Trinajstić information content (AvgIpc) is 2.34. The lowest BCUT2D eigenvalue weighted by atomic mass is 10.2. The predicted molar refractivity (Wildman–Crippen MR) is 72.8 cm³/mol. The molecule has 17 heavy (non-hydrogen) atoms. The van der Waals surface area contributed by atoms with Gasteiger partial charge in [-0.1, -0.05) is 29.7 Å². The molecule has 90 valence electrons.